The van der Waals surface area contributed by atoms with Gasteiger partial charge in [-0.15, -0.1) is 0 Å². The maximum atomic E-state index is 12.2. The summed E-state index contributed by atoms with van der Waals surface area (Å²) < 4.78 is 0. The largest absolute Gasteiger partial charge is 0.403 e. The molecule has 0 aliphatic carbocycles. The lowest BCUT2D eigenvalue weighted by molar-refractivity contribution is 0.0901. The van der Waals surface area contributed by atoms with Crippen LogP contribution in [0.4, 0.5) is 0 Å². The highest BCUT2D eigenvalue weighted by molar-refractivity contribution is 6.01. The highest BCUT2D eigenvalue weighted by Gasteiger charge is 2.11. The summed E-state index contributed by atoms with van der Waals surface area (Å²) in [4.78, 5) is 27.0. The molecule has 0 saturated carbocycles. The van der Waals surface area contributed by atoms with Gasteiger partial charge in [0, 0.05) is 22.6 Å². The van der Waals surface area contributed by atoms with E-state index in [1.54, 1.807) is 30.3 Å². The van der Waals surface area contributed by atoms with Crippen molar-refractivity contribution in [2.45, 2.75) is 0 Å². The fourth-order valence-corrected chi connectivity index (χ4v) is 2.07. The number of nitrogens with one attached hydrogen (secondary N) is 2. The molecule has 6 nitrogen and oxygen atoms in total. The number of amides is 1. The summed E-state index contributed by atoms with van der Waals surface area (Å²) in [6.07, 6.45) is 2.81. The zero-order valence-corrected chi connectivity index (χ0v) is 12.9. The Bertz CT molecular complexity index is 934. The van der Waals surface area contributed by atoms with Gasteiger partial charge < -0.3 is 16.0 Å². The van der Waals surface area contributed by atoms with Gasteiger partial charge >= 0.3 is 0 Å². The van der Waals surface area contributed by atoms with Crippen LogP contribution in [0.3, 0.4) is 0 Å². The SMILES string of the molecule is C=C(C#N)/C=c1/cc(C(=O)NCC(=O)c2ccccc2)[nH]/c1=C/N. The summed E-state index contributed by atoms with van der Waals surface area (Å²) in [7, 11) is 0. The van der Waals surface area contributed by atoms with Crippen molar-refractivity contribution in [2.75, 3.05) is 6.54 Å². The number of hydrogen-bond acceptors (Lipinski definition) is 4. The fraction of sp³-hybridized carbons (Fsp3) is 0.0556. The molecular weight excluding hydrogens is 304 g/mol. The van der Waals surface area contributed by atoms with Crippen LogP contribution in [0.5, 0.6) is 0 Å². The molecule has 0 unspecified atom stereocenters. The predicted octanol–water partition coefficient (Wildman–Crippen LogP) is 0.184. The first-order chi connectivity index (χ1) is 11.5. The molecule has 2 rings (SSSR count). The molecule has 120 valence electrons. The monoisotopic (exact) mass is 320 g/mol. The summed E-state index contributed by atoms with van der Waals surface area (Å²) in [5.74, 6) is -0.629. The van der Waals surface area contributed by atoms with Crippen LogP contribution in [0.2, 0.25) is 0 Å². The van der Waals surface area contributed by atoms with Crippen molar-refractivity contribution in [3.05, 3.63) is 70.4 Å². The first-order valence-corrected chi connectivity index (χ1v) is 7.13. The molecule has 0 radical (unpaired) electrons. The zero-order chi connectivity index (χ0) is 17.5. The fourth-order valence-electron chi connectivity index (χ4n) is 2.07. The molecule has 1 aromatic carbocycles. The van der Waals surface area contributed by atoms with Crippen molar-refractivity contribution in [1.29, 1.82) is 5.26 Å². The van der Waals surface area contributed by atoms with Crippen molar-refractivity contribution < 1.29 is 9.59 Å². The van der Waals surface area contributed by atoms with Crippen LogP contribution in [0.25, 0.3) is 12.3 Å². The number of nitrogens with two attached hydrogens (primary N) is 1. The van der Waals surface area contributed by atoms with Gasteiger partial charge in [0.1, 0.15) is 5.69 Å². The molecule has 1 amide bonds. The minimum absolute atomic E-state index is 0.118. The van der Waals surface area contributed by atoms with Gasteiger partial charge in [-0.05, 0) is 12.1 Å². The summed E-state index contributed by atoms with van der Waals surface area (Å²) in [5.41, 5.74) is 6.51. The van der Waals surface area contributed by atoms with Crippen molar-refractivity contribution in [2.24, 2.45) is 5.73 Å². The van der Waals surface area contributed by atoms with Crippen molar-refractivity contribution in [3.8, 4) is 6.07 Å². The van der Waals surface area contributed by atoms with Gasteiger partial charge in [-0.3, -0.25) is 9.59 Å². The number of carbonyl (C=O) groups is 2. The van der Waals surface area contributed by atoms with Crippen molar-refractivity contribution in [1.82, 2.24) is 10.3 Å². The predicted molar refractivity (Wildman–Crippen MR) is 91.0 cm³/mol. The zero-order valence-electron chi connectivity index (χ0n) is 12.9. The molecular formula is C18H16N4O2. The Morgan fingerprint density at radius 2 is 2.04 bits per heavy atom. The average molecular weight is 320 g/mol. The molecule has 2 aromatic rings. The smallest absolute Gasteiger partial charge is 0.268 e. The number of H-pyrrole nitrogens is 1. The number of rotatable bonds is 5. The topological polar surface area (TPSA) is 112 Å². The Hall–Kier alpha value is -3.59. The number of benzene rings is 1. The number of aromatic nitrogens is 1. The van der Waals surface area contributed by atoms with E-state index >= 15 is 0 Å². The lowest BCUT2D eigenvalue weighted by Gasteiger charge is -2.03. The van der Waals surface area contributed by atoms with Crippen molar-refractivity contribution >= 4 is 24.0 Å². The quantitative estimate of drug-likeness (QED) is 0.539. The van der Waals surface area contributed by atoms with Crippen LogP contribution in [-0.2, 0) is 0 Å². The van der Waals surface area contributed by atoms with E-state index in [1.807, 2.05) is 12.1 Å². The molecule has 4 N–H and O–H groups in total. The summed E-state index contributed by atoms with van der Waals surface area (Å²) in [6, 6.07) is 12.1. The van der Waals surface area contributed by atoms with Crippen LogP contribution in [0.1, 0.15) is 20.8 Å². The third-order valence-corrected chi connectivity index (χ3v) is 3.27. The molecule has 0 atom stereocenters. The van der Waals surface area contributed by atoms with Gasteiger partial charge in [0.2, 0.25) is 0 Å². The van der Waals surface area contributed by atoms with Crippen LogP contribution < -0.4 is 21.6 Å². The number of aromatic amines is 1. The van der Waals surface area contributed by atoms with Gasteiger partial charge in [0.25, 0.3) is 5.91 Å². The number of Topliss-reactive ketones (excluding diaryl/α,β-unsaturated/α-hetero) is 1. The molecule has 0 aliphatic rings. The minimum atomic E-state index is -0.440. The van der Waals surface area contributed by atoms with E-state index in [2.05, 4.69) is 16.9 Å². The summed E-state index contributed by atoms with van der Waals surface area (Å²) in [6.45, 7) is 3.44. The van der Waals surface area contributed by atoms with E-state index in [-0.39, 0.29) is 23.6 Å². The maximum absolute atomic E-state index is 12.2. The Labute approximate surface area is 138 Å². The van der Waals surface area contributed by atoms with Crippen LogP contribution in [0.15, 0.2) is 48.6 Å². The maximum Gasteiger partial charge on any atom is 0.268 e. The lowest BCUT2D eigenvalue weighted by Crippen LogP contribution is -2.30. The van der Waals surface area contributed by atoms with E-state index in [0.717, 1.165) is 0 Å². The van der Waals surface area contributed by atoms with Gasteiger partial charge in [-0.1, -0.05) is 36.9 Å². The number of hydrogen-bond donors (Lipinski definition) is 3. The molecule has 0 aliphatic heterocycles. The third kappa shape index (κ3) is 3.99. The lowest BCUT2D eigenvalue weighted by atomic mass is 10.1. The Morgan fingerprint density at radius 1 is 1.33 bits per heavy atom. The second-order valence-electron chi connectivity index (χ2n) is 4.97. The van der Waals surface area contributed by atoms with E-state index in [9.17, 15) is 9.59 Å². The van der Waals surface area contributed by atoms with E-state index in [1.165, 1.54) is 12.3 Å². The van der Waals surface area contributed by atoms with E-state index < -0.39 is 5.91 Å². The number of nitrogens with zero attached hydrogens (tertiary/aromatic N) is 1. The van der Waals surface area contributed by atoms with Crippen LogP contribution in [-0.4, -0.2) is 23.2 Å². The van der Waals surface area contributed by atoms with Crippen molar-refractivity contribution in [3.63, 3.8) is 0 Å². The number of carbonyl (C=O) groups excluding carboxylic acids is 2. The second-order valence-corrected chi connectivity index (χ2v) is 4.97. The first-order valence-electron chi connectivity index (χ1n) is 7.13. The molecule has 0 saturated heterocycles. The Morgan fingerprint density at radius 3 is 2.67 bits per heavy atom. The third-order valence-electron chi connectivity index (χ3n) is 3.27. The minimum Gasteiger partial charge on any atom is -0.403 e. The average Bonchev–Trinajstić information content (AvgIpc) is 3.02. The van der Waals surface area contributed by atoms with Gasteiger partial charge in [-0.25, -0.2) is 0 Å². The summed E-state index contributed by atoms with van der Waals surface area (Å²) >= 11 is 0. The number of allylic oxidation sites excluding steroid dienone is 1. The van der Waals surface area contributed by atoms with E-state index in [0.29, 0.717) is 16.1 Å². The Kier molecular flexibility index (Phi) is 5.32. The van der Waals surface area contributed by atoms with Gasteiger partial charge in [0.15, 0.2) is 5.78 Å². The highest BCUT2D eigenvalue weighted by Crippen LogP contribution is 1.99. The van der Waals surface area contributed by atoms with Gasteiger partial charge in [-0.2, -0.15) is 5.26 Å². The Balaban J connectivity index is 2.14. The standard InChI is InChI=1S/C18H16N4O2/c1-12(9-19)7-14-8-15(22-16(14)10-20)18(24)21-11-17(23)13-5-3-2-4-6-13/h2-8,10,22H,1,11,20H2,(H,21,24)/b14-7-,16-10+. The molecule has 1 aromatic heterocycles. The first kappa shape index (κ1) is 16.8. The van der Waals surface area contributed by atoms with E-state index in [4.69, 9.17) is 11.0 Å². The highest BCUT2D eigenvalue weighted by atomic mass is 16.2. The van der Waals surface area contributed by atoms with Crippen LogP contribution >= 0.6 is 0 Å². The second kappa shape index (κ2) is 7.61. The van der Waals surface area contributed by atoms with Gasteiger partial charge in [0.05, 0.1) is 18.0 Å². The summed E-state index contributed by atoms with van der Waals surface area (Å²) in [5, 5.41) is 12.4. The molecule has 0 fully saturated rings. The number of ketones is 1. The van der Waals surface area contributed by atoms with Crippen LogP contribution in [0, 0.1) is 11.3 Å². The molecule has 1 heterocycles. The molecule has 6 heteroatoms. The molecule has 24 heavy (non-hydrogen) atoms. The normalized spacial score (nSPS) is 11.8. The number of nitriles is 1. The molecule has 0 spiro atoms. The molecule has 0 bridgehead atoms.